The Bertz CT molecular complexity index is 550. The van der Waals surface area contributed by atoms with E-state index >= 15 is 0 Å². The number of carbonyl (C=O) groups is 1. The van der Waals surface area contributed by atoms with E-state index in [2.05, 4.69) is 10.2 Å². The van der Waals surface area contributed by atoms with Gasteiger partial charge in [0.05, 0.1) is 25.3 Å². The van der Waals surface area contributed by atoms with Gasteiger partial charge in [0.1, 0.15) is 12.0 Å². The Morgan fingerprint density at radius 3 is 2.96 bits per heavy atom. The van der Waals surface area contributed by atoms with Gasteiger partial charge in [-0.3, -0.25) is 9.69 Å². The molecule has 1 aromatic rings. The van der Waals surface area contributed by atoms with Crippen molar-refractivity contribution in [3.8, 4) is 0 Å². The minimum atomic E-state index is 0.0273. The fraction of sp³-hybridized carbons (Fsp3) is 0.722. The van der Waals surface area contributed by atoms with Crippen LogP contribution in [0.4, 0.5) is 0 Å². The Hall–Kier alpha value is -1.33. The molecule has 0 radical (unpaired) electrons. The predicted molar refractivity (Wildman–Crippen MR) is 86.1 cm³/mol. The maximum absolute atomic E-state index is 12.5. The predicted octanol–water partition coefficient (Wildman–Crippen LogP) is 2.42. The summed E-state index contributed by atoms with van der Waals surface area (Å²) in [4.78, 5) is 14.8. The van der Waals surface area contributed by atoms with Crippen LogP contribution in [0, 0.1) is 11.8 Å². The summed E-state index contributed by atoms with van der Waals surface area (Å²) in [5.41, 5.74) is 0.662. The van der Waals surface area contributed by atoms with Gasteiger partial charge in [-0.2, -0.15) is 0 Å². The lowest BCUT2D eigenvalue weighted by atomic mass is 9.97. The molecule has 5 heteroatoms. The lowest BCUT2D eigenvalue weighted by Gasteiger charge is -2.25. The minimum Gasteiger partial charge on any atom is -0.467 e. The van der Waals surface area contributed by atoms with Crippen LogP contribution in [0.2, 0.25) is 0 Å². The van der Waals surface area contributed by atoms with Crippen LogP contribution in [-0.2, 0) is 11.3 Å². The van der Waals surface area contributed by atoms with E-state index in [1.807, 2.05) is 6.07 Å². The molecule has 4 rings (SSSR count). The largest absolute Gasteiger partial charge is 0.467 e. The van der Waals surface area contributed by atoms with Crippen LogP contribution in [0.5, 0.6) is 0 Å². The topological polar surface area (TPSA) is 54.7 Å². The first kappa shape index (κ1) is 15.2. The second kappa shape index (κ2) is 6.65. The van der Waals surface area contributed by atoms with Gasteiger partial charge < -0.3 is 14.5 Å². The number of morpholine rings is 1. The molecule has 3 aliphatic rings. The highest BCUT2D eigenvalue weighted by Crippen LogP contribution is 2.44. The molecule has 3 unspecified atom stereocenters. The van der Waals surface area contributed by atoms with E-state index in [0.29, 0.717) is 17.5 Å². The van der Waals surface area contributed by atoms with Crippen LogP contribution in [-0.4, -0.2) is 43.2 Å². The number of rotatable bonds is 4. The van der Waals surface area contributed by atoms with Crippen LogP contribution >= 0.6 is 0 Å². The number of carbonyl (C=O) groups excluding carboxylic acids is 1. The molecular weight excluding hydrogens is 292 g/mol. The van der Waals surface area contributed by atoms with Gasteiger partial charge in [0.25, 0.3) is 5.91 Å². The van der Waals surface area contributed by atoms with E-state index < -0.39 is 0 Å². The molecule has 3 atom stereocenters. The molecule has 0 aromatic carbocycles. The summed E-state index contributed by atoms with van der Waals surface area (Å²) < 4.78 is 10.9. The SMILES string of the molecule is O=C(NC1CCC2CCCC21)c1coc(CN2CCOCC2)c1. The summed E-state index contributed by atoms with van der Waals surface area (Å²) in [6, 6.07) is 2.26. The van der Waals surface area contributed by atoms with Crippen molar-refractivity contribution in [1.29, 1.82) is 0 Å². The molecular formula is C18H26N2O3. The third-order valence-electron chi connectivity index (χ3n) is 5.80. The first-order valence-electron chi connectivity index (χ1n) is 8.98. The second-order valence-corrected chi connectivity index (χ2v) is 7.20. The van der Waals surface area contributed by atoms with Crippen molar-refractivity contribution in [1.82, 2.24) is 10.2 Å². The molecule has 2 saturated carbocycles. The summed E-state index contributed by atoms with van der Waals surface area (Å²) in [7, 11) is 0. The molecule has 126 valence electrons. The van der Waals surface area contributed by atoms with Gasteiger partial charge in [-0.1, -0.05) is 12.8 Å². The van der Waals surface area contributed by atoms with Crippen molar-refractivity contribution < 1.29 is 13.9 Å². The monoisotopic (exact) mass is 318 g/mol. The van der Waals surface area contributed by atoms with E-state index in [4.69, 9.17) is 9.15 Å². The third kappa shape index (κ3) is 3.31. The minimum absolute atomic E-state index is 0.0273. The zero-order chi connectivity index (χ0) is 15.6. The molecule has 5 nitrogen and oxygen atoms in total. The molecule has 2 aliphatic carbocycles. The van der Waals surface area contributed by atoms with Gasteiger partial charge in [0, 0.05) is 19.1 Å². The summed E-state index contributed by atoms with van der Waals surface area (Å²) in [6.45, 7) is 4.15. The van der Waals surface area contributed by atoms with E-state index in [9.17, 15) is 4.79 Å². The smallest absolute Gasteiger partial charge is 0.254 e. The van der Waals surface area contributed by atoms with Crippen LogP contribution in [0.3, 0.4) is 0 Å². The average Bonchev–Trinajstić information content (AvgIpc) is 3.27. The molecule has 0 spiro atoms. The number of ether oxygens (including phenoxy) is 1. The van der Waals surface area contributed by atoms with Crippen LogP contribution in [0.1, 0.15) is 48.2 Å². The van der Waals surface area contributed by atoms with Gasteiger partial charge >= 0.3 is 0 Å². The highest BCUT2D eigenvalue weighted by molar-refractivity contribution is 5.94. The average molecular weight is 318 g/mol. The van der Waals surface area contributed by atoms with Crippen LogP contribution in [0.15, 0.2) is 16.7 Å². The highest BCUT2D eigenvalue weighted by atomic mass is 16.5. The molecule has 1 N–H and O–H groups in total. The van der Waals surface area contributed by atoms with Crippen LogP contribution in [0.25, 0.3) is 0 Å². The highest BCUT2D eigenvalue weighted by Gasteiger charge is 2.39. The van der Waals surface area contributed by atoms with Gasteiger partial charge in [-0.05, 0) is 37.2 Å². The van der Waals surface area contributed by atoms with E-state index in [1.54, 1.807) is 6.26 Å². The number of fused-ring (bicyclic) bond motifs is 1. The second-order valence-electron chi connectivity index (χ2n) is 7.20. The Labute approximate surface area is 137 Å². The van der Waals surface area contributed by atoms with Crippen molar-refractivity contribution in [3.05, 3.63) is 23.7 Å². The Kier molecular flexibility index (Phi) is 4.40. The fourth-order valence-corrected chi connectivity index (χ4v) is 4.55. The summed E-state index contributed by atoms with van der Waals surface area (Å²) >= 11 is 0. The number of furan rings is 1. The lowest BCUT2D eigenvalue weighted by molar-refractivity contribution is 0.0313. The summed E-state index contributed by atoms with van der Waals surface area (Å²) in [6.07, 6.45) is 7.99. The van der Waals surface area contributed by atoms with E-state index in [-0.39, 0.29) is 5.91 Å². The third-order valence-corrected chi connectivity index (χ3v) is 5.80. The van der Waals surface area contributed by atoms with Crippen LogP contribution < -0.4 is 5.32 Å². The van der Waals surface area contributed by atoms with Gasteiger partial charge in [0.15, 0.2) is 0 Å². The maximum atomic E-state index is 12.5. The molecule has 1 aromatic heterocycles. The molecule has 3 fully saturated rings. The number of nitrogens with zero attached hydrogens (tertiary/aromatic N) is 1. The Balaban J connectivity index is 1.33. The number of nitrogens with one attached hydrogen (secondary N) is 1. The zero-order valence-electron chi connectivity index (χ0n) is 13.6. The Morgan fingerprint density at radius 2 is 2.09 bits per heavy atom. The van der Waals surface area contributed by atoms with Gasteiger partial charge in [0.2, 0.25) is 0 Å². The summed E-state index contributed by atoms with van der Waals surface area (Å²) in [5, 5.41) is 3.25. The first-order valence-corrected chi connectivity index (χ1v) is 8.98. The lowest BCUT2D eigenvalue weighted by Crippen LogP contribution is -2.37. The van der Waals surface area contributed by atoms with Crippen molar-refractivity contribution in [2.45, 2.75) is 44.7 Å². The summed E-state index contributed by atoms with van der Waals surface area (Å²) in [5.74, 6) is 2.45. The van der Waals surface area contributed by atoms with Gasteiger partial charge in [-0.25, -0.2) is 0 Å². The van der Waals surface area contributed by atoms with E-state index in [0.717, 1.165) is 50.9 Å². The Morgan fingerprint density at radius 1 is 1.22 bits per heavy atom. The molecule has 1 saturated heterocycles. The molecule has 2 heterocycles. The van der Waals surface area contributed by atoms with Crippen molar-refractivity contribution in [3.63, 3.8) is 0 Å². The molecule has 0 bridgehead atoms. The maximum Gasteiger partial charge on any atom is 0.254 e. The molecule has 1 amide bonds. The molecule has 23 heavy (non-hydrogen) atoms. The zero-order valence-corrected chi connectivity index (χ0v) is 13.6. The number of hydrogen-bond donors (Lipinski definition) is 1. The van der Waals surface area contributed by atoms with Gasteiger partial charge in [-0.15, -0.1) is 0 Å². The van der Waals surface area contributed by atoms with E-state index in [1.165, 1.54) is 25.7 Å². The fourth-order valence-electron chi connectivity index (χ4n) is 4.55. The first-order chi connectivity index (χ1) is 11.3. The number of amides is 1. The normalized spacial score (nSPS) is 31.2. The molecule has 1 aliphatic heterocycles. The van der Waals surface area contributed by atoms with Crippen molar-refractivity contribution >= 4 is 5.91 Å². The van der Waals surface area contributed by atoms with Crippen molar-refractivity contribution in [2.75, 3.05) is 26.3 Å². The van der Waals surface area contributed by atoms with Crippen molar-refractivity contribution in [2.24, 2.45) is 11.8 Å². The number of hydrogen-bond acceptors (Lipinski definition) is 4. The quantitative estimate of drug-likeness (QED) is 0.926. The standard InChI is InChI=1S/C18H26N2O3/c21-18(19-17-5-4-13-2-1-3-16(13)17)14-10-15(23-12-14)11-20-6-8-22-9-7-20/h10,12-13,16-17H,1-9,11H2,(H,19,21).